The van der Waals surface area contributed by atoms with Crippen molar-refractivity contribution in [3.05, 3.63) is 80.2 Å². The number of hydrogen-bond donors (Lipinski definition) is 0. The molecule has 0 saturated carbocycles. The summed E-state index contributed by atoms with van der Waals surface area (Å²) in [4.78, 5) is 28.3. The topological polar surface area (TPSA) is 50.5 Å². The standard InChI is InChI=1S/C23H23NO3/c1-5-10-24-19(16-8-6-13(2)7-9-16)18-20(25)17-12-14(3)11-15(4)21(17)27-22(18)23(24)26/h6-9,11-12,19H,5,10H2,1-4H3. The number of carbonyl (C=O) groups excluding carboxylic acids is 1. The number of aryl methyl sites for hydroxylation is 3. The monoisotopic (exact) mass is 361 g/mol. The van der Waals surface area contributed by atoms with Crippen molar-refractivity contribution in [3.63, 3.8) is 0 Å². The van der Waals surface area contributed by atoms with Crippen LogP contribution in [-0.4, -0.2) is 17.4 Å². The van der Waals surface area contributed by atoms with Crippen LogP contribution in [0.15, 0.2) is 45.6 Å². The smallest absolute Gasteiger partial charge is 0.290 e. The van der Waals surface area contributed by atoms with Gasteiger partial charge in [-0.25, -0.2) is 0 Å². The summed E-state index contributed by atoms with van der Waals surface area (Å²) in [6, 6.07) is 11.4. The largest absolute Gasteiger partial charge is 0.450 e. The van der Waals surface area contributed by atoms with E-state index in [9.17, 15) is 9.59 Å². The molecule has 1 atom stereocenters. The SMILES string of the molecule is CCCN1C(=O)c2oc3c(C)cc(C)cc3c(=O)c2C1c1ccc(C)cc1. The molecule has 2 aromatic carbocycles. The molecule has 1 aliphatic rings. The quantitative estimate of drug-likeness (QED) is 0.681. The fourth-order valence-electron chi connectivity index (χ4n) is 4.04. The minimum absolute atomic E-state index is 0.101. The summed E-state index contributed by atoms with van der Waals surface area (Å²) in [5, 5.41) is 0.550. The lowest BCUT2D eigenvalue weighted by molar-refractivity contribution is 0.0728. The first-order valence-corrected chi connectivity index (χ1v) is 9.38. The molecule has 1 amide bonds. The summed E-state index contributed by atoms with van der Waals surface area (Å²) in [6.07, 6.45) is 0.813. The van der Waals surface area contributed by atoms with Gasteiger partial charge in [0, 0.05) is 6.54 Å². The predicted molar refractivity (Wildman–Crippen MR) is 106 cm³/mol. The van der Waals surface area contributed by atoms with Gasteiger partial charge in [-0.3, -0.25) is 9.59 Å². The van der Waals surface area contributed by atoms with Crippen molar-refractivity contribution in [2.45, 2.75) is 40.2 Å². The summed E-state index contributed by atoms with van der Waals surface area (Å²) in [5.74, 6) is -0.00474. The van der Waals surface area contributed by atoms with E-state index in [0.29, 0.717) is 23.1 Å². The summed E-state index contributed by atoms with van der Waals surface area (Å²) in [5.41, 5.74) is 4.84. The van der Waals surface area contributed by atoms with Crippen LogP contribution in [0.2, 0.25) is 0 Å². The highest BCUT2D eigenvalue weighted by Crippen LogP contribution is 2.38. The Kier molecular flexibility index (Phi) is 4.14. The summed E-state index contributed by atoms with van der Waals surface area (Å²) < 4.78 is 6.04. The first-order chi connectivity index (χ1) is 12.9. The van der Waals surface area contributed by atoms with Gasteiger partial charge in [0.15, 0.2) is 5.43 Å². The van der Waals surface area contributed by atoms with Crippen molar-refractivity contribution in [2.75, 3.05) is 6.54 Å². The summed E-state index contributed by atoms with van der Waals surface area (Å²) >= 11 is 0. The van der Waals surface area contributed by atoms with Crippen LogP contribution in [0.5, 0.6) is 0 Å². The Morgan fingerprint density at radius 2 is 1.70 bits per heavy atom. The van der Waals surface area contributed by atoms with Crippen LogP contribution < -0.4 is 5.43 Å². The highest BCUT2D eigenvalue weighted by molar-refractivity contribution is 5.99. The van der Waals surface area contributed by atoms with Gasteiger partial charge < -0.3 is 9.32 Å². The van der Waals surface area contributed by atoms with Crippen molar-refractivity contribution in [1.29, 1.82) is 0 Å². The molecular formula is C23H23NO3. The van der Waals surface area contributed by atoms with Crippen molar-refractivity contribution >= 4 is 16.9 Å². The molecule has 0 saturated heterocycles. The third-order valence-corrected chi connectivity index (χ3v) is 5.25. The maximum absolute atomic E-state index is 13.4. The van der Waals surface area contributed by atoms with Gasteiger partial charge in [-0.2, -0.15) is 0 Å². The lowest BCUT2D eigenvalue weighted by Gasteiger charge is -2.24. The van der Waals surface area contributed by atoms with Crippen LogP contribution >= 0.6 is 0 Å². The van der Waals surface area contributed by atoms with E-state index in [0.717, 1.165) is 28.7 Å². The van der Waals surface area contributed by atoms with E-state index >= 15 is 0 Å². The lowest BCUT2D eigenvalue weighted by Crippen LogP contribution is -2.30. The van der Waals surface area contributed by atoms with E-state index in [1.165, 1.54) is 0 Å². The fraction of sp³-hybridized carbons (Fsp3) is 0.304. The van der Waals surface area contributed by atoms with Crippen LogP contribution in [0, 0.1) is 20.8 Å². The molecule has 4 rings (SSSR count). The van der Waals surface area contributed by atoms with Crippen LogP contribution in [0.1, 0.15) is 57.8 Å². The second-order valence-corrected chi connectivity index (χ2v) is 7.44. The molecule has 138 valence electrons. The van der Waals surface area contributed by atoms with Crippen molar-refractivity contribution < 1.29 is 9.21 Å². The molecule has 0 radical (unpaired) electrons. The molecule has 0 N–H and O–H groups in total. The second kappa shape index (κ2) is 6.38. The Labute approximate surface area is 158 Å². The van der Waals surface area contributed by atoms with Crippen LogP contribution in [0.3, 0.4) is 0 Å². The van der Waals surface area contributed by atoms with E-state index in [2.05, 4.69) is 0 Å². The Hall–Kier alpha value is -2.88. The molecule has 27 heavy (non-hydrogen) atoms. The number of benzene rings is 2. The molecule has 0 bridgehead atoms. The van der Waals surface area contributed by atoms with E-state index in [1.54, 1.807) is 4.90 Å². The number of amides is 1. The molecule has 0 aliphatic carbocycles. The van der Waals surface area contributed by atoms with Crippen molar-refractivity contribution in [2.24, 2.45) is 0 Å². The van der Waals surface area contributed by atoms with Gasteiger partial charge in [0.25, 0.3) is 5.91 Å². The second-order valence-electron chi connectivity index (χ2n) is 7.44. The van der Waals surface area contributed by atoms with Gasteiger partial charge in [-0.05, 0) is 49.9 Å². The Morgan fingerprint density at radius 1 is 1.00 bits per heavy atom. The highest BCUT2D eigenvalue weighted by atomic mass is 16.3. The first kappa shape index (κ1) is 17.5. The average Bonchev–Trinajstić information content (AvgIpc) is 2.90. The van der Waals surface area contributed by atoms with Crippen LogP contribution in [-0.2, 0) is 0 Å². The molecule has 2 heterocycles. The maximum atomic E-state index is 13.4. The van der Waals surface area contributed by atoms with Gasteiger partial charge in [0.2, 0.25) is 5.76 Å². The summed E-state index contributed by atoms with van der Waals surface area (Å²) in [6.45, 7) is 8.50. The molecule has 1 aliphatic heterocycles. The van der Waals surface area contributed by atoms with Crippen LogP contribution in [0.4, 0.5) is 0 Å². The highest BCUT2D eigenvalue weighted by Gasteiger charge is 2.42. The van der Waals surface area contributed by atoms with E-state index in [4.69, 9.17) is 4.42 Å². The average molecular weight is 361 g/mol. The van der Waals surface area contributed by atoms with Crippen molar-refractivity contribution in [1.82, 2.24) is 4.90 Å². The molecule has 4 heteroatoms. The van der Waals surface area contributed by atoms with Crippen LogP contribution in [0.25, 0.3) is 11.0 Å². The van der Waals surface area contributed by atoms with E-state index in [-0.39, 0.29) is 17.1 Å². The van der Waals surface area contributed by atoms with Gasteiger partial charge in [0.1, 0.15) is 5.58 Å². The van der Waals surface area contributed by atoms with Crippen molar-refractivity contribution in [3.8, 4) is 0 Å². The van der Waals surface area contributed by atoms with E-state index < -0.39 is 6.04 Å². The van der Waals surface area contributed by atoms with Gasteiger partial charge in [0.05, 0.1) is 17.0 Å². The Bertz CT molecular complexity index is 1110. The number of rotatable bonds is 3. The van der Waals surface area contributed by atoms with Gasteiger partial charge in [-0.15, -0.1) is 0 Å². The molecule has 4 nitrogen and oxygen atoms in total. The van der Waals surface area contributed by atoms with E-state index in [1.807, 2.05) is 64.1 Å². The normalized spacial score (nSPS) is 16.2. The third-order valence-electron chi connectivity index (χ3n) is 5.25. The zero-order valence-electron chi connectivity index (χ0n) is 16.1. The Balaban J connectivity index is 2.04. The molecular weight excluding hydrogens is 338 g/mol. The molecule has 0 spiro atoms. The third kappa shape index (κ3) is 2.67. The zero-order valence-corrected chi connectivity index (χ0v) is 16.1. The first-order valence-electron chi connectivity index (χ1n) is 9.38. The fourth-order valence-corrected chi connectivity index (χ4v) is 4.04. The molecule has 1 aromatic heterocycles. The number of nitrogens with zero attached hydrogens (tertiary/aromatic N) is 1. The number of fused-ring (bicyclic) bond motifs is 2. The van der Waals surface area contributed by atoms with Gasteiger partial charge in [-0.1, -0.05) is 42.8 Å². The Morgan fingerprint density at radius 3 is 2.37 bits per heavy atom. The lowest BCUT2D eigenvalue weighted by atomic mass is 9.97. The number of carbonyl (C=O) groups is 1. The molecule has 1 unspecified atom stereocenters. The molecule has 3 aromatic rings. The minimum Gasteiger partial charge on any atom is -0.450 e. The van der Waals surface area contributed by atoms with Gasteiger partial charge >= 0.3 is 0 Å². The molecule has 0 fully saturated rings. The maximum Gasteiger partial charge on any atom is 0.290 e. The minimum atomic E-state index is -0.394. The number of hydrogen-bond acceptors (Lipinski definition) is 3. The summed E-state index contributed by atoms with van der Waals surface area (Å²) in [7, 11) is 0. The zero-order chi connectivity index (χ0) is 19.3. The predicted octanol–water partition coefficient (Wildman–Crippen LogP) is 4.67.